The summed E-state index contributed by atoms with van der Waals surface area (Å²) in [6.07, 6.45) is 1.84. The number of hydrogen-bond donors (Lipinski definition) is 1. The molecule has 0 aromatic heterocycles. The highest BCUT2D eigenvalue weighted by molar-refractivity contribution is 6.06. The van der Waals surface area contributed by atoms with Gasteiger partial charge in [-0.2, -0.15) is 0 Å². The lowest BCUT2D eigenvalue weighted by molar-refractivity contribution is 0.0997. The fourth-order valence-corrected chi connectivity index (χ4v) is 3.12. The first-order valence-corrected chi connectivity index (χ1v) is 10.6. The first kappa shape index (κ1) is 22.4. The van der Waals surface area contributed by atoms with Gasteiger partial charge in [-0.05, 0) is 49.6 Å². The summed E-state index contributed by atoms with van der Waals surface area (Å²) in [4.78, 5) is 12.9. The predicted molar refractivity (Wildman–Crippen MR) is 123 cm³/mol. The molecule has 0 saturated heterocycles. The van der Waals surface area contributed by atoms with Crippen LogP contribution in [0.2, 0.25) is 0 Å². The summed E-state index contributed by atoms with van der Waals surface area (Å²) in [5.74, 6) is 0.937. The number of amides is 1. The van der Waals surface area contributed by atoms with E-state index in [0.717, 1.165) is 12.8 Å². The van der Waals surface area contributed by atoms with Crippen LogP contribution in [0.15, 0.2) is 78.9 Å². The maximum atomic E-state index is 12.9. The minimum atomic E-state index is -0.243. The number of carbonyl (C=O) groups excluding carboxylic acids is 1. The van der Waals surface area contributed by atoms with Crippen molar-refractivity contribution in [2.45, 2.75) is 19.8 Å². The topological polar surface area (TPSA) is 56.8 Å². The number of anilines is 1. The molecule has 0 fully saturated rings. The average molecular weight is 420 g/mol. The van der Waals surface area contributed by atoms with Gasteiger partial charge in [-0.15, -0.1) is 0 Å². The second kappa shape index (κ2) is 12.4. The summed E-state index contributed by atoms with van der Waals surface area (Å²) in [7, 11) is 0. The summed E-state index contributed by atoms with van der Waals surface area (Å²) in [5.41, 5.74) is 2.39. The quantitative estimate of drug-likeness (QED) is 0.401. The van der Waals surface area contributed by atoms with E-state index in [1.807, 2.05) is 61.5 Å². The van der Waals surface area contributed by atoms with E-state index in [1.165, 1.54) is 5.56 Å². The largest absolute Gasteiger partial charge is 0.491 e. The summed E-state index contributed by atoms with van der Waals surface area (Å²) in [6, 6.07) is 25.0. The molecule has 0 saturated carbocycles. The Bertz CT molecular complexity index is 943. The van der Waals surface area contributed by atoms with Crippen LogP contribution in [0.5, 0.6) is 11.5 Å². The Kier molecular flexibility index (Phi) is 8.95. The van der Waals surface area contributed by atoms with Gasteiger partial charge in [0.15, 0.2) is 0 Å². The first-order valence-electron chi connectivity index (χ1n) is 10.6. The molecule has 1 N–H and O–H groups in total. The van der Waals surface area contributed by atoms with Crippen LogP contribution in [-0.2, 0) is 11.2 Å². The normalized spacial score (nSPS) is 10.5. The maximum Gasteiger partial charge on any atom is 0.259 e. The minimum absolute atomic E-state index is 0.243. The van der Waals surface area contributed by atoms with Crippen LogP contribution >= 0.6 is 0 Å². The van der Waals surface area contributed by atoms with Crippen LogP contribution in [0.3, 0.4) is 0 Å². The highest BCUT2D eigenvalue weighted by atomic mass is 16.5. The number of nitrogens with one attached hydrogen (secondary N) is 1. The Balaban J connectivity index is 1.58. The van der Waals surface area contributed by atoms with Gasteiger partial charge in [-0.25, -0.2) is 0 Å². The standard InChI is InChI=1S/C26H29NO4/c1-2-29-19-20-31-24-16-8-6-14-22(24)26(28)27-23-15-7-9-17-25(23)30-18-10-13-21-11-4-3-5-12-21/h3-9,11-12,14-17H,2,10,13,18-20H2,1H3,(H,27,28). The molecule has 3 rings (SSSR count). The fourth-order valence-electron chi connectivity index (χ4n) is 3.12. The summed E-state index contributed by atoms with van der Waals surface area (Å²) >= 11 is 0. The molecule has 0 unspecified atom stereocenters. The average Bonchev–Trinajstić information content (AvgIpc) is 2.81. The number of rotatable bonds is 12. The smallest absolute Gasteiger partial charge is 0.259 e. The third-order valence-electron chi connectivity index (χ3n) is 4.67. The van der Waals surface area contributed by atoms with Crippen molar-refractivity contribution in [2.24, 2.45) is 0 Å². The maximum absolute atomic E-state index is 12.9. The molecular weight excluding hydrogens is 390 g/mol. The summed E-state index contributed by atoms with van der Waals surface area (Å²) < 4.78 is 17.0. The molecule has 0 aliphatic carbocycles. The van der Waals surface area contributed by atoms with Crippen molar-refractivity contribution in [3.05, 3.63) is 90.0 Å². The Morgan fingerprint density at radius 1 is 0.774 bits per heavy atom. The first-order chi connectivity index (χ1) is 15.3. The lowest BCUT2D eigenvalue weighted by Gasteiger charge is -2.14. The van der Waals surface area contributed by atoms with Gasteiger partial charge < -0.3 is 19.5 Å². The second-order valence-corrected chi connectivity index (χ2v) is 6.93. The number of carbonyl (C=O) groups is 1. The molecule has 0 spiro atoms. The van der Waals surface area contributed by atoms with Crippen LogP contribution in [0.25, 0.3) is 0 Å². The Morgan fingerprint density at radius 3 is 2.26 bits per heavy atom. The van der Waals surface area contributed by atoms with Gasteiger partial charge in [0.1, 0.15) is 18.1 Å². The van der Waals surface area contributed by atoms with Gasteiger partial charge in [0.2, 0.25) is 0 Å². The zero-order chi connectivity index (χ0) is 21.7. The van der Waals surface area contributed by atoms with Crippen LogP contribution in [0.1, 0.15) is 29.3 Å². The Labute approximate surface area is 184 Å². The van der Waals surface area contributed by atoms with Crippen LogP contribution in [0.4, 0.5) is 5.69 Å². The van der Waals surface area contributed by atoms with Gasteiger partial charge in [0.25, 0.3) is 5.91 Å². The highest BCUT2D eigenvalue weighted by Crippen LogP contribution is 2.26. The zero-order valence-corrected chi connectivity index (χ0v) is 17.9. The monoisotopic (exact) mass is 419 g/mol. The van der Waals surface area contributed by atoms with Crippen molar-refractivity contribution in [3.8, 4) is 11.5 Å². The molecular formula is C26H29NO4. The molecule has 0 radical (unpaired) electrons. The van der Waals surface area contributed by atoms with Crippen LogP contribution in [-0.4, -0.2) is 32.3 Å². The molecule has 5 nitrogen and oxygen atoms in total. The second-order valence-electron chi connectivity index (χ2n) is 6.93. The molecule has 0 heterocycles. The van der Waals surface area contributed by atoms with Crippen molar-refractivity contribution < 1.29 is 19.0 Å². The Hall–Kier alpha value is -3.31. The molecule has 0 bridgehead atoms. The molecule has 0 aliphatic heterocycles. The van der Waals surface area contributed by atoms with Gasteiger partial charge >= 0.3 is 0 Å². The van der Waals surface area contributed by atoms with E-state index in [9.17, 15) is 4.79 Å². The number of aryl methyl sites for hydroxylation is 1. The third-order valence-corrected chi connectivity index (χ3v) is 4.67. The molecule has 0 aliphatic rings. The third kappa shape index (κ3) is 7.15. The molecule has 5 heteroatoms. The SMILES string of the molecule is CCOCCOc1ccccc1C(=O)Nc1ccccc1OCCCc1ccccc1. The fraction of sp³-hybridized carbons (Fsp3) is 0.269. The van der Waals surface area contributed by atoms with E-state index in [-0.39, 0.29) is 5.91 Å². The molecule has 0 atom stereocenters. The number of ether oxygens (including phenoxy) is 3. The Morgan fingerprint density at radius 2 is 1.45 bits per heavy atom. The van der Waals surface area contributed by atoms with Crippen LogP contribution in [0, 0.1) is 0 Å². The zero-order valence-electron chi connectivity index (χ0n) is 17.9. The molecule has 3 aromatic carbocycles. The number of para-hydroxylation sites is 3. The molecule has 3 aromatic rings. The number of hydrogen-bond acceptors (Lipinski definition) is 4. The van der Waals surface area contributed by atoms with E-state index < -0.39 is 0 Å². The van der Waals surface area contributed by atoms with E-state index in [0.29, 0.717) is 49.2 Å². The van der Waals surface area contributed by atoms with Crippen molar-refractivity contribution in [3.63, 3.8) is 0 Å². The lowest BCUT2D eigenvalue weighted by Crippen LogP contribution is -2.16. The highest BCUT2D eigenvalue weighted by Gasteiger charge is 2.14. The van der Waals surface area contributed by atoms with Crippen molar-refractivity contribution in [1.82, 2.24) is 0 Å². The lowest BCUT2D eigenvalue weighted by atomic mass is 10.1. The number of benzene rings is 3. The van der Waals surface area contributed by atoms with E-state index in [4.69, 9.17) is 14.2 Å². The molecule has 31 heavy (non-hydrogen) atoms. The van der Waals surface area contributed by atoms with Gasteiger partial charge in [0, 0.05) is 6.61 Å². The summed E-state index contributed by atoms with van der Waals surface area (Å²) in [6.45, 7) is 4.00. The van der Waals surface area contributed by atoms with Gasteiger partial charge in [-0.3, -0.25) is 4.79 Å². The minimum Gasteiger partial charge on any atom is -0.491 e. The van der Waals surface area contributed by atoms with Crippen molar-refractivity contribution in [1.29, 1.82) is 0 Å². The molecule has 1 amide bonds. The predicted octanol–water partition coefficient (Wildman–Crippen LogP) is 5.37. The van der Waals surface area contributed by atoms with Gasteiger partial charge in [-0.1, -0.05) is 54.6 Å². The van der Waals surface area contributed by atoms with Crippen LogP contribution < -0.4 is 14.8 Å². The van der Waals surface area contributed by atoms with Crippen molar-refractivity contribution >= 4 is 11.6 Å². The molecule has 162 valence electrons. The van der Waals surface area contributed by atoms with E-state index in [2.05, 4.69) is 17.4 Å². The van der Waals surface area contributed by atoms with E-state index >= 15 is 0 Å². The summed E-state index contributed by atoms with van der Waals surface area (Å²) in [5, 5.41) is 2.95. The van der Waals surface area contributed by atoms with E-state index in [1.54, 1.807) is 12.1 Å². The van der Waals surface area contributed by atoms with Gasteiger partial charge in [0.05, 0.1) is 24.5 Å². The van der Waals surface area contributed by atoms with Crippen molar-refractivity contribution in [2.75, 3.05) is 31.7 Å².